The third-order valence-corrected chi connectivity index (χ3v) is 4.75. The van der Waals surface area contributed by atoms with Crippen molar-refractivity contribution in [1.82, 2.24) is 10.3 Å². The van der Waals surface area contributed by atoms with Crippen molar-refractivity contribution in [1.29, 1.82) is 0 Å². The molecule has 3 rings (SSSR count). The van der Waals surface area contributed by atoms with Crippen LogP contribution in [0.1, 0.15) is 35.1 Å². The molecule has 1 atom stereocenters. The normalized spacial score (nSPS) is 15.4. The van der Waals surface area contributed by atoms with Gasteiger partial charge < -0.3 is 10.1 Å². The number of carbonyl (C=O) groups is 1. The summed E-state index contributed by atoms with van der Waals surface area (Å²) in [5, 5.41) is 6.11. The van der Waals surface area contributed by atoms with E-state index in [1.54, 1.807) is 11.3 Å². The minimum atomic E-state index is -0.0923. The van der Waals surface area contributed by atoms with Crippen LogP contribution in [0.4, 0.5) is 0 Å². The molecule has 116 valence electrons. The predicted molar refractivity (Wildman–Crippen MR) is 87.1 cm³/mol. The molecule has 1 aromatic carbocycles. The molecule has 1 saturated carbocycles. The molecule has 0 bridgehead atoms. The topological polar surface area (TPSA) is 51.2 Å². The Hall–Kier alpha value is -1.88. The Bertz CT molecular complexity index is 647. The first-order valence-electron chi connectivity index (χ1n) is 7.52. The number of rotatable bonds is 6. The molecule has 0 spiro atoms. The Morgan fingerprint density at radius 2 is 2.09 bits per heavy atom. The largest absolute Gasteiger partial charge is 0.484 e. The van der Waals surface area contributed by atoms with E-state index in [9.17, 15) is 4.79 Å². The van der Waals surface area contributed by atoms with Gasteiger partial charge in [-0.05, 0) is 44.7 Å². The number of amides is 1. The SMILES string of the molecule is Cc1ccc(OCC(=O)NC(c2nc(C)cs2)C2CC2)cc1. The molecule has 1 heterocycles. The minimum Gasteiger partial charge on any atom is -0.484 e. The van der Waals surface area contributed by atoms with E-state index in [4.69, 9.17) is 4.74 Å². The summed E-state index contributed by atoms with van der Waals surface area (Å²) >= 11 is 1.62. The van der Waals surface area contributed by atoms with Crippen LogP contribution in [-0.2, 0) is 4.79 Å². The van der Waals surface area contributed by atoms with Crippen LogP contribution in [0.2, 0.25) is 0 Å². The fourth-order valence-corrected chi connectivity index (χ4v) is 3.26. The highest BCUT2D eigenvalue weighted by Crippen LogP contribution is 2.41. The van der Waals surface area contributed by atoms with Gasteiger partial charge in [0.05, 0.1) is 6.04 Å². The first-order chi connectivity index (χ1) is 10.6. The van der Waals surface area contributed by atoms with Crippen LogP contribution in [0, 0.1) is 19.8 Å². The van der Waals surface area contributed by atoms with Crippen molar-refractivity contribution in [3.8, 4) is 5.75 Å². The van der Waals surface area contributed by atoms with Gasteiger partial charge in [0.2, 0.25) is 0 Å². The lowest BCUT2D eigenvalue weighted by Gasteiger charge is -2.16. The lowest BCUT2D eigenvalue weighted by atomic mass is 10.2. The Kier molecular flexibility index (Phi) is 4.43. The molecule has 1 aliphatic rings. The molecule has 0 aliphatic heterocycles. The molecule has 1 fully saturated rings. The molecule has 1 aliphatic carbocycles. The Labute approximate surface area is 134 Å². The molecular weight excluding hydrogens is 296 g/mol. The summed E-state index contributed by atoms with van der Waals surface area (Å²) in [6, 6.07) is 7.74. The Morgan fingerprint density at radius 1 is 1.36 bits per heavy atom. The summed E-state index contributed by atoms with van der Waals surface area (Å²) in [5.41, 5.74) is 2.18. The maximum atomic E-state index is 12.1. The number of benzene rings is 1. The molecule has 5 heteroatoms. The van der Waals surface area contributed by atoms with Crippen LogP contribution < -0.4 is 10.1 Å². The monoisotopic (exact) mass is 316 g/mol. The van der Waals surface area contributed by atoms with Gasteiger partial charge in [0.25, 0.3) is 5.91 Å². The fraction of sp³-hybridized carbons (Fsp3) is 0.412. The van der Waals surface area contributed by atoms with Crippen LogP contribution in [-0.4, -0.2) is 17.5 Å². The number of aromatic nitrogens is 1. The van der Waals surface area contributed by atoms with E-state index in [1.807, 2.05) is 43.5 Å². The van der Waals surface area contributed by atoms with Crippen molar-refractivity contribution in [2.75, 3.05) is 6.61 Å². The van der Waals surface area contributed by atoms with Crippen molar-refractivity contribution in [3.63, 3.8) is 0 Å². The highest BCUT2D eigenvalue weighted by molar-refractivity contribution is 7.09. The van der Waals surface area contributed by atoms with Gasteiger partial charge in [-0.1, -0.05) is 17.7 Å². The van der Waals surface area contributed by atoms with Crippen molar-refractivity contribution in [3.05, 3.63) is 45.9 Å². The molecule has 4 nitrogen and oxygen atoms in total. The third-order valence-electron chi connectivity index (χ3n) is 3.70. The lowest BCUT2D eigenvalue weighted by molar-refractivity contribution is -0.124. The van der Waals surface area contributed by atoms with Crippen LogP contribution in [0.5, 0.6) is 5.75 Å². The predicted octanol–water partition coefficient (Wildman–Crippen LogP) is 3.41. The fourth-order valence-electron chi connectivity index (χ4n) is 2.32. The summed E-state index contributed by atoms with van der Waals surface area (Å²) < 4.78 is 5.54. The number of nitrogens with zero attached hydrogens (tertiary/aromatic N) is 1. The first-order valence-corrected chi connectivity index (χ1v) is 8.40. The van der Waals surface area contributed by atoms with Gasteiger partial charge in [-0.3, -0.25) is 4.79 Å². The van der Waals surface area contributed by atoms with Crippen LogP contribution in [0.25, 0.3) is 0 Å². The molecule has 1 aromatic heterocycles. The lowest BCUT2D eigenvalue weighted by Crippen LogP contribution is -2.33. The van der Waals surface area contributed by atoms with Gasteiger partial charge in [-0.15, -0.1) is 11.3 Å². The quantitative estimate of drug-likeness (QED) is 0.888. The third kappa shape index (κ3) is 3.85. The summed E-state index contributed by atoms with van der Waals surface area (Å²) in [5.74, 6) is 1.15. The van der Waals surface area contributed by atoms with Crippen LogP contribution >= 0.6 is 11.3 Å². The van der Waals surface area contributed by atoms with E-state index < -0.39 is 0 Å². The van der Waals surface area contributed by atoms with Crippen molar-refractivity contribution in [2.45, 2.75) is 32.7 Å². The Balaban J connectivity index is 1.56. The van der Waals surface area contributed by atoms with Gasteiger partial charge in [-0.25, -0.2) is 4.98 Å². The summed E-state index contributed by atoms with van der Waals surface area (Å²) in [6.45, 7) is 4.04. The Morgan fingerprint density at radius 3 is 2.68 bits per heavy atom. The number of aryl methyl sites for hydroxylation is 2. The highest BCUT2D eigenvalue weighted by atomic mass is 32.1. The summed E-state index contributed by atoms with van der Waals surface area (Å²) in [6.07, 6.45) is 2.31. The average Bonchev–Trinajstić information content (AvgIpc) is 3.26. The molecule has 0 radical (unpaired) electrons. The molecule has 1 amide bonds. The van der Waals surface area contributed by atoms with Gasteiger partial charge in [0, 0.05) is 11.1 Å². The number of ether oxygens (including phenoxy) is 1. The highest BCUT2D eigenvalue weighted by Gasteiger charge is 2.35. The smallest absolute Gasteiger partial charge is 0.258 e. The molecule has 22 heavy (non-hydrogen) atoms. The number of nitrogens with one attached hydrogen (secondary N) is 1. The van der Waals surface area contributed by atoms with E-state index >= 15 is 0 Å². The molecule has 1 unspecified atom stereocenters. The van der Waals surface area contributed by atoms with Crippen LogP contribution in [0.3, 0.4) is 0 Å². The van der Waals surface area contributed by atoms with Crippen molar-refractivity contribution >= 4 is 17.2 Å². The summed E-state index contributed by atoms with van der Waals surface area (Å²) in [4.78, 5) is 16.7. The summed E-state index contributed by atoms with van der Waals surface area (Å²) in [7, 11) is 0. The van der Waals surface area contributed by atoms with Crippen molar-refractivity contribution in [2.24, 2.45) is 5.92 Å². The van der Waals surface area contributed by atoms with Crippen LogP contribution in [0.15, 0.2) is 29.6 Å². The maximum absolute atomic E-state index is 12.1. The molecular formula is C17H20N2O2S. The standard InChI is InChI=1S/C17H20N2O2S/c1-11-3-7-14(8-4-11)21-9-15(20)19-16(13-5-6-13)17-18-12(2)10-22-17/h3-4,7-8,10,13,16H,5-6,9H2,1-2H3,(H,19,20). The molecule has 2 aromatic rings. The van der Waals surface area contributed by atoms with Gasteiger partial charge in [-0.2, -0.15) is 0 Å². The zero-order valence-electron chi connectivity index (χ0n) is 12.8. The maximum Gasteiger partial charge on any atom is 0.258 e. The second kappa shape index (κ2) is 6.48. The zero-order valence-corrected chi connectivity index (χ0v) is 13.7. The molecule has 1 N–H and O–H groups in total. The van der Waals surface area contributed by atoms with E-state index in [0.717, 1.165) is 23.5 Å². The average molecular weight is 316 g/mol. The first kappa shape index (κ1) is 15.0. The van der Waals surface area contributed by atoms with Crippen molar-refractivity contribution < 1.29 is 9.53 Å². The number of carbonyl (C=O) groups excluding carboxylic acids is 1. The molecule has 0 saturated heterocycles. The number of hydrogen-bond donors (Lipinski definition) is 1. The minimum absolute atomic E-state index is 0.0350. The van der Waals surface area contributed by atoms with E-state index in [0.29, 0.717) is 11.7 Å². The van der Waals surface area contributed by atoms with Gasteiger partial charge in [0.1, 0.15) is 10.8 Å². The second-order valence-electron chi connectivity index (χ2n) is 5.81. The second-order valence-corrected chi connectivity index (χ2v) is 6.70. The number of thiazole rings is 1. The van der Waals surface area contributed by atoms with E-state index in [-0.39, 0.29) is 18.6 Å². The number of hydrogen-bond acceptors (Lipinski definition) is 4. The zero-order chi connectivity index (χ0) is 15.5. The van der Waals surface area contributed by atoms with Gasteiger partial charge >= 0.3 is 0 Å². The van der Waals surface area contributed by atoms with E-state index in [2.05, 4.69) is 10.3 Å². The van der Waals surface area contributed by atoms with Gasteiger partial charge in [0.15, 0.2) is 6.61 Å². The van der Waals surface area contributed by atoms with E-state index in [1.165, 1.54) is 5.56 Å².